The number of hydrogen-bond acceptors (Lipinski definition) is 5. The van der Waals surface area contributed by atoms with Gasteiger partial charge in [-0.3, -0.25) is 4.98 Å². The number of fused-ring (bicyclic) bond motifs is 1. The molecule has 0 saturated carbocycles. The summed E-state index contributed by atoms with van der Waals surface area (Å²) in [5, 5.41) is 17.6. The van der Waals surface area contributed by atoms with Gasteiger partial charge >= 0.3 is 0 Å². The molecule has 0 aliphatic carbocycles. The number of rotatable bonds is 6. The first kappa shape index (κ1) is 19.7. The lowest BCUT2D eigenvalue weighted by Crippen LogP contribution is -2.37. The summed E-state index contributed by atoms with van der Waals surface area (Å²) in [6.45, 7) is 5.30. The van der Waals surface area contributed by atoms with E-state index >= 15 is 0 Å². The lowest BCUT2D eigenvalue weighted by molar-refractivity contribution is 0.625. The molecule has 4 rings (SSSR count). The molecule has 0 radical (unpaired) electrons. The highest BCUT2D eigenvalue weighted by atomic mass is 79.9. The van der Waals surface area contributed by atoms with Crippen LogP contribution in [0.2, 0.25) is 0 Å². The molecule has 1 aromatic heterocycles. The summed E-state index contributed by atoms with van der Waals surface area (Å²) >= 11 is 3.52. The van der Waals surface area contributed by atoms with Crippen LogP contribution in [-0.4, -0.2) is 30.7 Å². The number of nitriles is 1. The highest BCUT2D eigenvalue weighted by Gasteiger charge is 2.22. The molecule has 0 spiro atoms. The van der Waals surface area contributed by atoms with Crippen molar-refractivity contribution in [3.05, 3.63) is 58.7 Å². The first-order valence-corrected chi connectivity index (χ1v) is 10.8. The minimum atomic E-state index is 0.501. The molecule has 0 amide bonds. The molecule has 29 heavy (non-hydrogen) atoms. The van der Waals surface area contributed by atoms with Gasteiger partial charge in [0, 0.05) is 46.6 Å². The van der Waals surface area contributed by atoms with E-state index < -0.39 is 0 Å². The average molecular weight is 450 g/mol. The van der Waals surface area contributed by atoms with Crippen molar-refractivity contribution in [2.24, 2.45) is 0 Å². The van der Waals surface area contributed by atoms with Crippen LogP contribution in [0, 0.1) is 11.3 Å². The highest BCUT2D eigenvalue weighted by Crippen LogP contribution is 2.33. The Kier molecular flexibility index (Phi) is 5.98. The minimum Gasteiger partial charge on any atom is -0.367 e. The smallest absolute Gasteiger partial charge is 0.103 e. The van der Waals surface area contributed by atoms with Gasteiger partial charge in [0.1, 0.15) is 6.07 Å². The van der Waals surface area contributed by atoms with Crippen molar-refractivity contribution in [2.45, 2.75) is 25.8 Å². The number of anilines is 3. The van der Waals surface area contributed by atoms with Crippen LogP contribution in [0.3, 0.4) is 0 Å². The summed E-state index contributed by atoms with van der Waals surface area (Å²) in [5.41, 5.74) is 4.34. The van der Waals surface area contributed by atoms with E-state index in [1.54, 1.807) is 6.20 Å². The number of nitrogens with zero attached hydrogens (tertiary/aromatic N) is 3. The van der Waals surface area contributed by atoms with Crippen molar-refractivity contribution >= 4 is 43.9 Å². The van der Waals surface area contributed by atoms with Crippen LogP contribution in [0.4, 0.5) is 17.1 Å². The number of hydrogen-bond donors (Lipinski definition) is 2. The summed E-state index contributed by atoms with van der Waals surface area (Å²) in [6.07, 6.45) is 3.89. The topological polar surface area (TPSA) is 64.0 Å². The van der Waals surface area contributed by atoms with E-state index in [1.165, 1.54) is 5.69 Å². The van der Waals surface area contributed by atoms with Gasteiger partial charge in [-0.25, -0.2) is 0 Å². The summed E-state index contributed by atoms with van der Waals surface area (Å²) in [5.74, 6) is 0. The van der Waals surface area contributed by atoms with Gasteiger partial charge in [0.15, 0.2) is 0 Å². The molecule has 148 valence electrons. The quantitative estimate of drug-likeness (QED) is 0.541. The molecule has 2 aromatic carbocycles. The molecule has 1 aliphatic rings. The van der Waals surface area contributed by atoms with Crippen LogP contribution >= 0.6 is 15.9 Å². The fraction of sp³-hybridized carbons (Fsp3) is 0.304. The highest BCUT2D eigenvalue weighted by molar-refractivity contribution is 9.10. The summed E-state index contributed by atoms with van der Waals surface area (Å²) in [4.78, 5) is 7.00. The zero-order valence-electron chi connectivity index (χ0n) is 16.5. The minimum absolute atomic E-state index is 0.501. The zero-order valence-corrected chi connectivity index (χ0v) is 18.0. The fourth-order valence-electron chi connectivity index (χ4n) is 3.96. The SMILES string of the molecule is CCCN(c1ccc2ncc(C#N)c(Nc3cccc(Br)c3)c2c1)C1CCNC1. The lowest BCUT2D eigenvalue weighted by atomic mass is 10.1. The maximum atomic E-state index is 9.69. The molecule has 1 atom stereocenters. The molecule has 0 bridgehead atoms. The number of pyridine rings is 1. The Morgan fingerprint density at radius 3 is 2.93 bits per heavy atom. The average Bonchev–Trinajstić information content (AvgIpc) is 3.26. The molecule has 3 aromatic rings. The number of aromatic nitrogens is 1. The van der Waals surface area contributed by atoms with Crippen molar-refractivity contribution in [1.29, 1.82) is 5.26 Å². The van der Waals surface area contributed by atoms with Crippen LogP contribution in [0.25, 0.3) is 10.9 Å². The van der Waals surface area contributed by atoms with Gasteiger partial charge in [-0.05, 0) is 55.8 Å². The van der Waals surface area contributed by atoms with E-state index in [4.69, 9.17) is 0 Å². The van der Waals surface area contributed by atoms with E-state index in [-0.39, 0.29) is 0 Å². The predicted molar refractivity (Wildman–Crippen MR) is 123 cm³/mol. The van der Waals surface area contributed by atoms with E-state index in [0.29, 0.717) is 11.6 Å². The second-order valence-electron chi connectivity index (χ2n) is 7.34. The fourth-order valence-corrected chi connectivity index (χ4v) is 4.36. The van der Waals surface area contributed by atoms with Crippen LogP contribution in [0.15, 0.2) is 53.1 Å². The number of benzene rings is 2. The Balaban J connectivity index is 1.80. The Morgan fingerprint density at radius 1 is 1.31 bits per heavy atom. The molecule has 2 N–H and O–H groups in total. The van der Waals surface area contributed by atoms with Gasteiger partial charge in [-0.2, -0.15) is 5.26 Å². The summed E-state index contributed by atoms with van der Waals surface area (Å²) in [6, 6.07) is 17.1. The van der Waals surface area contributed by atoms with Crippen LogP contribution in [0.1, 0.15) is 25.3 Å². The monoisotopic (exact) mass is 449 g/mol. The third kappa shape index (κ3) is 4.21. The molecule has 2 heterocycles. The van der Waals surface area contributed by atoms with E-state index in [0.717, 1.165) is 59.2 Å². The van der Waals surface area contributed by atoms with Gasteiger partial charge < -0.3 is 15.5 Å². The molecule has 5 nitrogen and oxygen atoms in total. The van der Waals surface area contributed by atoms with Crippen molar-refractivity contribution in [3.8, 4) is 6.07 Å². The van der Waals surface area contributed by atoms with Crippen molar-refractivity contribution in [2.75, 3.05) is 29.9 Å². The van der Waals surface area contributed by atoms with Gasteiger partial charge in [0.25, 0.3) is 0 Å². The van der Waals surface area contributed by atoms with Crippen LogP contribution in [0.5, 0.6) is 0 Å². The van der Waals surface area contributed by atoms with Gasteiger partial charge in [0.05, 0.1) is 16.8 Å². The van der Waals surface area contributed by atoms with Crippen molar-refractivity contribution < 1.29 is 0 Å². The molecule has 1 saturated heterocycles. The Labute approximate surface area is 179 Å². The third-order valence-electron chi connectivity index (χ3n) is 5.34. The zero-order chi connectivity index (χ0) is 20.2. The third-order valence-corrected chi connectivity index (χ3v) is 5.83. The summed E-state index contributed by atoms with van der Waals surface area (Å²) in [7, 11) is 0. The van der Waals surface area contributed by atoms with E-state index in [2.05, 4.69) is 67.6 Å². The van der Waals surface area contributed by atoms with Crippen LogP contribution in [-0.2, 0) is 0 Å². The molecule has 1 aliphatic heterocycles. The number of nitrogens with one attached hydrogen (secondary N) is 2. The van der Waals surface area contributed by atoms with Crippen LogP contribution < -0.4 is 15.5 Å². The first-order valence-electron chi connectivity index (χ1n) is 10.0. The molecule has 6 heteroatoms. The predicted octanol–water partition coefficient (Wildman–Crippen LogP) is 5.19. The summed E-state index contributed by atoms with van der Waals surface area (Å²) < 4.78 is 0.989. The Hall–Kier alpha value is -2.62. The van der Waals surface area contributed by atoms with Gasteiger partial charge in [-0.1, -0.05) is 28.9 Å². The largest absolute Gasteiger partial charge is 0.367 e. The number of halogens is 1. The van der Waals surface area contributed by atoms with Crippen molar-refractivity contribution in [3.63, 3.8) is 0 Å². The Morgan fingerprint density at radius 2 is 2.21 bits per heavy atom. The second kappa shape index (κ2) is 8.81. The first-order chi connectivity index (χ1) is 14.2. The molecule has 1 unspecified atom stereocenters. The standard InChI is InChI=1S/C23H24BrN5/c1-2-10-29(20-8-9-26-15-20)19-6-7-22-21(12-19)23(16(13-25)14-27-22)28-18-5-3-4-17(24)11-18/h3-7,11-12,14,20,26H,2,8-10,15H2,1H3,(H,27,28). The van der Waals surface area contributed by atoms with Crippen molar-refractivity contribution in [1.82, 2.24) is 10.3 Å². The maximum absolute atomic E-state index is 9.69. The van der Waals surface area contributed by atoms with E-state index in [1.807, 2.05) is 24.3 Å². The van der Waals surface area contributed by atoms with E-state index in [9.17, 15) is 5.26 Å². The lowest BCUT2D eigenvalue weighted by Gasteiger charge is -2.31. The molecular formula is C23H24BrN5. The molecular weight excluding hydrogens is 426 g/mol. The molecule has 1 fully saturated rings. The normalized spacial score (nSPS) is 16.0. The Bertz CT molecular complexity index is 1050. The maximum Gasteiger partial charge on any atom is 0.103 e. The van der Waals surface area contributed by atoms with Gasteiger partial charge in [-0.15, -0.1) is 0 Å². The van der Waals surface area contributed by atoms with Gasteiger partial charge in [0.2, 0.25) is 0 Å². The second-order valence-corrected chi connectivity index (χ2v) is 8.25.